The van der Waals surface area contributed by atoms with Gasteiger partial charge in [-0.3, -0.25) is 4.79 Å². The Kier molecular flexibility index (Phi) is 9.03. The Balaban J connectivity index is 3.83. The SMILES string of the molecule is CC(C)CC(CNC(=O)COCCN)N(C)C. The molecule has 0 aliphatic carbocycles. The molecule has 0 bridgehead atoms. The van der Waals surface area contributed by atoms with Crippen LogP contribution in [0, 0.1) is 5.92 Å². The molecule has 0 spiro atoms. The van der Waals surface area contributed by atoms with Crippen LogP contribution in [0.3, 0.4) is 0 Å². The number of carbonyl (C=O) groups excluding carboxylic acids is 1. The summed E-state index contributed by atoms with van der Waals surface area (Å²) in [7, 11) is 4.06. The minimum atomic E-state index is -0.0749. The summed E-state index contributed by atoms with van der Waals surface area (Å²) in [5, 5.41) is 2.88. The molecule has 3 N–H and O–H groups in total. The second-order valence-corrected chi connectivity index (χ2v) is 4.89. The van der Waals surface area contributed by atoms with Gasteiger partial charge in [-0.2, -0.15) is 0 Å². The monoisotopic (exact) mass is 245 g/mol. The second-order valence-electron chi connectivity index (χ2n) is 4.89. The van der Waals surface area contributed by atoms with Crippen molar-refractivity contribution < 1.29 is 9.53 Å². The Labute approximate surface area is 105 Å². The fourth-order valence-corrected chi connectivity index (χ4v) is 1.55. The van der Waals surface area contributed by atoms with Crippen LogP contribution in [0.15, 0.2) is 0 Å². The Morgan fingerprint density at radius 2 is 2.06 bits per heavy atom. The fraction of sp³-hybridized carbons (Fsp3) is 0.917. The average molecular weight is 245 g/mol. The quantitative estimate of drug-likeness (QED) is 0.563. The molecule has 0 aliphatic heterocycles. The zero-order valence-corrected chi connectivity index (χ0v) is 11.5. The highest BCUT2D eigenvalue weighted by Crippen LogP contribution is 2.07. The van der Waals surface area contributed by atoms with E-state index in [4.69, 9.17) is 10.5 Å². The molecular weight excluding hydrogens is 218 g/mol. The topological polar surface area (TPSA) is 67.6 Å². The van der Waals surface area contributed by atoms with Crippen molar-refractivity contribution in [2.45, 2.75) is 26.3 Å². The number of carbonyl (C=O) groups is 1. The highest BCUT2D eigenvalue weighted by molar-refractivity contribution is 5.77. The van der Waals surface area contributed by atoms with E-state index in [9.17, 15) is 4.79 Å². The Morgan fingerprint density at radius 1 is 1.41 bits per heavy atom. The number of hydrogen-bond acceptors (Lipinski definition) is 4. The van der Waals surface area contributed by atoms with Gasteiger partial charge in [0.15, 0.2) is 0 Å². The molecular formula is C12H27N3O2. The molecule has 1 amide bonds. The summed E-state index contributed by atoms with van der Waals surface area (Å²) >= 11 is 0. The Morgan fingerprint density at radius 3 is 2.53 bits per heavy atom. The van der Waals surface area contributed by atoms with Crippen molar-refractivity contribution in [3.63, 3.8) is 0 Å². The lowest BCUT2D eigenvalue weighted by Gasteiger charge is -2.26. The molecule has 5 heteroatoms. The summed E-state index contributed by atoms with van der Waals surface area (Å²) in [5.74, 6) is 0.543. The van der Waals surface area contributed by atoms with E-state index in [0.717, 1.165) is 6.42 Å². The van der Waals surface area contributed by atoms with E-state index in [2.05, 4.69) is 24.1 Å². The van der Waals surface area contributed by atoms with Gasteiger partial charge in [-0.05, 0) is 26.4 Å². The third kappa shape index (κ3) is 9.09. The standard InChI is InChI=1S/C12H27N3O2/c1-10(2)7-11(15(3)4)8-14-12(16)9-17-6-5-13/h10-11H,5-9,13H2,1-4H3,(H,14,16). The van der Waals surface area contributed by atoms with Crippen LogP contribution in [-0.2, 0) is 9.53 Å². The molecule has 0 fully saturated rings. The van der Waals surface area contributed by atoms with Crippen molar-refractivity contribution >= 4 is 5.91 Å². The van der Waals surface area contributed by atoms with Gasteiger partial charge in [0.05, 0.1) is 6.61 Å². The molecule has 0 heterocycles. The van der Waals surface area contributed by atoms with Crippen LogP contribution in [0.2, 0.25) is 0 Å². The van der Waals surface area contributed by atoms with Crippen molar-refractivity contribution in [1.29, 1.82) is 0 Å². The van der Waals surface area contributed by atoms with E-state index in [1.165, 1.54) is 0 Å². The fourth-order valence-electron chi connectivity index (χ4n) is 1.55. The Bertz CT molecular complexity index is 208. The summed E-state index contributed by atoms with van der Waals surface area (Å²) in [6, 6.07) is 0.369. The number of nitrogens with zero attached hydrogens (tertiary/aromatic N) is 1. The maximum Gasteiger partial charge on any atom is 0.246 e. The molecule has 0 radical (unpaired) electrons. The van der Waals surface area contributed by atoms with Crippen LogP contribution in [0.25, 0.3) is 0 Å². The normalized spacial score (nSPS) is 13.1. The Hall–Kier alpha value is -0.650. The maximum atomic E-state index is 11.4. The second kappa shape index (κ2) is 9.39. The van der Waals surface area contributed by atoms with Crippen molar-refractivity contribution in [1.82, 2.24) is 10.2 Å². The first-order valence-corrected chi connectivity index (χ1v) is 6.18. The van der Waals surface area contributed by atoms with Gasteiger partial charge >= 0.3 is 0 Å². The van der Waals surface area contributed by atoms with E-state index in [1.807, 2.05) is 14.1 Å². The van der Waals surface area contributed by atoms with E-state index >= 15 is 0 Å². The summed E-state index contributed by atoms with van der Waals surface area (Å²) in [5.41, 5.74) is 5.27. The first-order valence-electron chi connectivity index (χ1n) is 6.18. The van der Waals surface area contributed by atoms with Gasteiger partial charge < -0.3 is 20.7 Å². The molecule has 5 nitrogen and oxygen atoms in total. The molecule has 0 aromatic carbocycles. The van der Waals surface area contributed by atoms with Crippen LogP contribution in [0.5, 0.6) is 0 Å². The number of amides is 1. The smallest absolute Gasteiger partial charge is 0.246 e. The molecule has 17 heavy (non-hydrogen) atoms. The van der Waals surface area contributed by atoms with Gasteiger partial charge in [-0.1, -0.05) is 13.8 Å². The third-order valence-electron chi connectivity index (χ3n) is 2.50. The molecule has 0 aliphatic rings. The lowest BCUT2D eigenvalue weighted by Crippen LogP contribution is -2.42. The van der Waals surface area contributed by atoms with Gasteiger partial charge in [0.2, 0.25) is 5.91 Å². The van der Waals surface area contributed by atoms with E-state index in [1.54, 1.807) is 0 Å². The molecule has 102 valence electrons. The van der Waals surface area contributed by atoms with Gasteiger partial charge in [0, 0.05) is 19.1 Å². The summed E-state index contributed by atoms with van der Waals surface area (Å²) in [6.45, 7) is 6.00. The van der Waals surface area contributed by atoms with Crippen LogP contribution >= 0.6 is 0 Å². The van der Waals surface area contributed by atoms with Gasteiger partial charge in [-0.25, -0.2) is 0 Å². The van der Waals surface area contributed by atoms with E-state index in [0.29, 0.717) is 31.7 Å². The van der Waals surface area contributed by atoms with E-state index < -0.39 is 0 Å². The predicted molar refractivity (Wildman–Crippen MR) is 69.8 cm³/mol. The van der Waals surface area contributed by atoms with Gasteiger partial charge in [0.1, 0.15) is 6.61 Å². The molecule has 0 aromatic heterocycles. The van der Waals surface area contributed by atoms with Crippen LogP contribution in [0.1, 0.15) is 20.3 Å². The number of hydrogen-bond donors (Lipinski definition) is 2. The summed E-state index contributed by atoms with van der Waals surface area (Å²) < 4.78 is 5.07. The average Bonchev–Trinajstić information content (AvgIpc) is 2.23. The van der Waals surface area contributed by atoms with Crippen LogP contribution < -0.4 is 11.1 Å². The molecule has 0 saturated heterocycles. The van der Waals surface area contributed by atoms with Crippen molar-refractivity contribution in [3.8, 4) is 0 Å². The number of rotatable bonds is 9. The van der Waals surface area contributed by atoms with Crippen LogP contribution in [0.4, 0.5) is 0 Å². The first-order chi connectivity index (χ1) is 7.97. The van der Waals surface area contributed by atoms with Gasteiger partial charge in [0.25, 0.3) is 0 Å². The molecule has 1 unspecified atom stereocenters. The highest BCUT2D eigenvalue weighted by atomic mass is 16.5. The van der Waals surface area contributed by atoms with Crippen molar-refractivity contribution in [3.05, 3.63) is 0 Å². The zero-order chi connectivity index (χ0) is 13.3. The summed E-state index contributed by atoms with van der Waals surface area (Å²) in [6.07, 6.45) is 1.07. The van der Waals surface area contributed by atoms with Gasteiger partial charge in [-0.15, -0.1) is 0 Å². The summed E-state index contributed by atoms with van der Waals surface area (Å²) in [4.78, 5) is 13.6. The minimum absolute atomic E-state index is 0.0749. The highest BCUT2D eigenvalue weighted by Gasteiger charge is 2.14. The minimum Gasteiger partial charge on any atom is -0.370 e. The number of nitrogens with one attached hydrogen (secondary N) is 1. The molecule has 0 rings (SSSR count). The van der Waals surface area contributed by atoms with Crippen molar-refractivity contribution in [2.75, 3.05) is 40.4 Å². The van der Waals surface area contributed by atoms with Crippen LogP contribution in [-0.4, -0.2) is 57.2 Å². The van der Waals surface area contributed by atoms with Crippen molar-refractivity contribution in [2.24, 2.45) is 11.7 Å². The number of likely N-dealkylation sites (N-methyl/N-ethyl adjacent to an activating group) is 1. The largest absolute Gasteiger partial charge is 0.370 e. The number of ether oxygens (including phenoxy) is 1. The molecule has 0 aromatic rings. The first kappa shape index (κ1) is 16.4. The lowest BCUT2D eigenvalue weighted by atomic mass is 10.0. The lowest BCUT2D eigenvalue weighted by molar-refractivity contribution is -0.125. The maximum absolute atomic E-state index is 11.4. The third-order valence-corrected chi connectivity index (χ3v) is 2.50. The molecule has 0 saturated carbocycles. The molecule has 1 atom stereocenters. The predicted octanol–water partition coefficient (Wildman–Crippen LogP) is 0.0542. The zero-order valence-electron chi connectivity index (χ0n) is 11.5. The number of nitrogens with two attached hydrogens (primary N) is 1. The van der Waals surface area contributed by atoms with E-state index in [-0.39, 0.29) is 12.5 Å².